The molecule has 0 amide bonds. The molecule has 6 nitrogen and oxygen atoms in total. The lowest BCUT2D eigenvalue weighted by Crippen LogP contribution is -2.44. The van der Waals surface area contributed by atoms with E-state index in [1.54, 1.807) is 0 Å². The fourth-order valence-electron chi connectivity index (χ4n) is 3.45. The second-order valence-corrected chi connectivity index (χ2v) is 9.01. The number of halogens is 1. The highest BCUT2D eigenvalue weighted by Crippen LogP contribution is 2.21. The molecule has 1 saturated carbocycles. The molecule has 8 heteroatoms. The largest absolute Gasteiger partial charge is 0.357 e. The van der Waals surface area contributed by atoms with Gasteiger partial charge in [-0.2, -0.15) is 0 Å². The molecule has 0 aromatic heterocycles. The highest BCUT2D eigenvalue weighted by atomic mass is 127. The van der Waals surface area contributed by atoms with Crippen LogP contribution in [0.25, 0.3) is 0 Å². The lowest BCUT2D eigenvalue weighted by molar-refractivity contribution is 0.196. The van der Waals surface area contributed by atoms with E-state index in [9.17, 15) is 8.42 Å². The summed E-state index contributed by atoms with van der Waals surface area (Å²) in [6, 6.07) is 0.698. The average Bonchev–Trinajstić information content (AvgIpc) is 2.87. The molecule has 1 saturated heterocycles. The summed E-state index contributed by atoms with van der Waals surface area (Å²) in [6.07, 6.45) is 7.35. The van der Waals surface area contributed by atoms with Crippen LogP contribution in [0.15, 0.2) is 4.99 Å². The van der Waals surface area contributed by atoms with Crippen molar-refractivity contribution in [2.75, 3.05) is 38.2 Å². The summed E-state index contributed by atoms with van der Waals surface area (Å²) in [7, 11) is -0.668. The zero-order valence-corrected chi connectivity index (χ0v) is 18.1. The normalized spacial score (nSPS) is 24.6. The first kappa shape index (κ1) is 22.0. The van der Waals surface area contributed by atoms with Gasteiger partial charge in [-0.25, -0.2) is 8.42 Å². The van der Waals surface area contributed by atoms with E-state index in [4.69, 9.17) is 0 Å². The molecular formula is C16H33IN4O2S. The summed E-state index contributed by atoms with van der Waals surface area (Å²) in [4.78, 5) is 7.04. The highest BCUT2D eigenvalue weighted by Gasteiger charge is 2.28. The van der Waals surface area contributed by atoms with Crippen LogP contribution in [0.4, 0.5) is 0 Å². The van der Waals surface area contributed by atoms with Crippen molar-refractivity contribution in [1.82, 2.24) is 15.5 Å². The van der Waals surface area contributed by atoms with Crippen LogP contribution in [0.5, 0.6) is 0 Å². The molecule has 1 unspecified atom stereocenters. The van der Waals surface area contributed by atoms with Gasteiger partial charge in [0.2, 0.25) is 0 Å². The Bertz CT molecular complexity index is 492. The monoisotopic (exact) mass is 472 g/mol. The van der Waals surface area contributed by atoms with Crippen molar-refractivity contribution in [3.63, 3.8) is 0 Å². The molecule has 2 rings (SSSR count). The summed E-state index contributed by atoms with van der Waals surface area (Å²) >= 11 is 0. The Kier molecular flexibility index (Phi) is 9.88. The lowest BCUT2D eigenvalue weighted by Gasteiger charge is -2.30. The summed E-state index contributed by atoms with van der Waals surface area (Å²) in [6.45, 7) is 4.49. The maximum atomic E-state index is 11.6. The third-order valence-electron chi connectivity index (χ3n) is 4.84. The molecule has 0 bridgehead atoms. The van der Waals surface area contributed by atoms with Gasteiger partial charge >= 0.3 is 0 Å². The Labute approximate surface area is 164 Å². The average molecular weight is 472 g/mol. The molecule has 0 aromatic rings. The van der Waals surface area contributed by atoms with Gasteiger partial charge in [0.1, 0.15) is 0 Å². The summed E-state index contributed by atoms with van der Waals surface area (Å²) in [5, 5.41) is 6.48. The minimum absolute atomic E-state index is 0. The quantitative estimate of drug-likeness (QED) is 0.349. The molecule has 2 aliphatic rings. The maximum Gasteiger partial charge on any atom is 0.191 e. The molecule has 0 aromatic carbocycles. The number of nitrogens with one attached hydrogen (secondary N) is 2. The van der Waals surface area contributed by atoms with Crippen LogP contribution < -0.4 is 10.6 Å². The molecule has 1 aliphatic carbocycles. The van der Waals surface area contributed by atoms with Crippen LogP contribution in [0, 0.1) is 0 Å². The molecule has 2 fully saturated rings. The van der Waals surface area contributed by atoms with Crippen molar-refractivity contribution in [3.8, 4) is 0 Å². The van der Waals surface area contributed by atoms with E-state index in [1.807, 2.05) is 6.92 Å². The minimum atomic E-state index is -2.86. The van der Waals surface area contributed by atoms with Gasteiger partial charge in [-0.1, -0.05) is 19.3 Å². The molecule has 142 valence electrons. The third kappa shape index (κ3) is 7.43. The van der Waals surface area contributed by atoms with Gasteiger partial charge in [0.25, 0.3) is 0 Å². The number of likely N-dealkylation sites (N-methyl/N-ethyl adjacent to an activating group) is 1. The zero-order valence-electron chi connectivity index (χ0n) is 15.0. The summed E-state index contributed by atoms with van der Waals surface area (Å²) in [5.41, 5.74) is 0. The Balaban J connectivity index is 0.00000288. The number of hydrogen-bond acceptors (Lipinski definition) is 4. The molecule has 0 spiro atoms. The number of nitrogens with zero attached hydrogens (tertiary/aromatic N) is 2. The van der Waals surface area contributed by atoms with Gasteiger partial charge < -0.3 is 15.5 Å². The first-order valence-corrected chi connectivity index (χ1v) is 10.8. The molecule has 0 radical (unpaired) electrons. The molecule has 1 aliphatic heterocycles. The number of hydrogen-bond donors (Lipinski definition) is 2. The molecule has 1 heterocycles. The van der Waals surface area contributed by atoms with Gasteiger partial charge in [-0.15, -0.1) is 24.0 Å². The standard InChI is InChI=1S/C16H32N4O2S.HI/c1-3-17-16(19-14-9-12-23(21,22)13-14)18-10-11-20(2)15-7-5-4-6-8-15;/h14-15H,3-13H2,1-2H3,(H2,17,18,19);1H. The number of guanidine groups is 1. The van der Waals surface area contributed by atoms with E-state index in [2.05, 4.69) is 27.6 Å². The SMILES string of the molecule is CCNC(=NCCN(C)C1CCCCC1)NC1CCS(=O)(=O)C1.I. The van der Waals surface area contributed by atoms with Crippen LogP contribution in [0.1, 0.15) is 45.4 Å². The van der Waals surface area contributed by atoms with Crippen molar-refractivity contribution in [2.24, 2.45) is 4.99 Å². The lowest BCUT2D eigenvalue weighted by atomic mass is 9.94. The van der Waals surface area contributed by atoms with Crippen LogP contribution in [0.3, 0.4) is 0 Å². The van der Waals surface area contributed by atoms with E-state index in [0.29, 0.717) is 12.5 Å². The van der Waals surface area contributed by atoms with Gasteiger partial charge in [0.05, 0.1) is 18.1 Å². The Hall–Kier alpha value is -0.0900. The van der Waals surface area contributed by atoms with Crippen LogP contribution in [-0.2, 0) is 9.84 Å². The molecule has 2 N–H and O–H groups in total. The predicted octanol–water partition coefficient (Wildman–Crippen LogP) is 1.61. The highest BCUT2D eigenvalue weighted by molar-refractivity contribution is 14.0. The van der Waals surface area contributed by atoms with Crippen molar-refractivity contribution in [1.29, 1.82) is 0 Å². The van der Waals surface area contributed by atoms with Gasteiger partial charge in [0, 0.05) is 25.2 Å². The Morgan fingerprint density at radius 3 is 2.50 bits per heavy atom. The van der Waals surface area contributed by atoms with Crippen LogP contribution >= 0.6 is 24.0 Å². The van der Waals surface area contributed by atoms with Gasteiger partial charge in [-0.3, -0.25) is 4.99 Å². The van der Waals surface area contributed by atoms with E-state index < -0.39 is 9.84 Å². The number of aliphatic imine (C=N–C) groups is 1. The van der Waals surface area contributed by atoms with E-state index >= 15 is 0 Å². The predicted molar refractivity (Wildman–Crippen MR) is 111 cm³/mol. The fourth-order valence-corrected chi connectivity index (χ4v) is 5.12. The summed E-state index contributed by atoms with van der Waals surface area (Å²) < 4.78 is 23.1. The van der Waals surface area contributed by atoms with E-state index in [-0.39, 0.29) is 41.5 Å². The smallest absolute Gasteiger partial charge is 0.191 e. The van der Waals surface area contributed by atoms with Crippen LogP contribution in [0.2, 0.25) is 0 Å². The van der Waals surface area contributed by atoms with Crippen molar-refractivity contribution in [3.05, 3.63) is 0 Å². The van der Waals surface area contributed by atoms with Crippen molar-refractivity contribution >= 4 is 39.8 Å². The fraction of sp³-hybridized carbons (Fsp3) is 0.938. The zero-order chi connectivity index (χ0) is 16.7. The van der Waals surface area contributed by atoms with E-state index in [1.165, 1.54) is 32.1 Å². The Morgan fingerprint density at radius 1 is 1.21 bits per heavy atom. The van der Waals surface area contributed by atoms with Crippen LogP contribution in [-0.4, -0.2) is 69.5 Å². The molecular weight excluding hydrogens is 439 g/mol. The molecule has 24 heavy (non-hydrogen) atoms. The minimum Gasteiger partial charge on any atom is -0.357 e. The topological polar surface area (TPSA) is 73.8 Å². The second-order valence-electron chi connectivity index (χ2n) is 6.78. The first-order valence-electron chi connectivity index (χ1n) is 8.95. The number of rotatable bonds is 6. The first-order chi connectivity index (χ1) is 11.0. The second kappa shape index (κ2) is 10.8. The third-order valence-corrected chi connectivity index (χ3v) is 6.61. The van der Waals surface area contributed by atoms with E-state index in [0.717, 1.165) is 25.6 Å². The maximum absolute atomic E-state index is 11.6. The van der Waals surface area contributed by atoms with Gasteiger partial charge in [-0.05, 0) is 33.2 Å². The summed E-state index contributed by atoms with van der Waals surface area (Å²) in [5.74, 6) is 1.25. The van der Waals surface area contributed by atoms with Crippen molar-refractivity contribution < 1.29 is 8.42 Å². The molecule has 1 atom stereocenters. The number of sulfone groups is 1. The van der Waals surface area contributed by atoms with Gasteiger partial charge in [0.15, 0.2) is 15.8 Å². The van der Waals surface area contributed by atoms with Crippen molar-refractivity contribution in [2.45, 2.75) is 57.5 Å². The Morgan fingerprint density at radius 2 is 1.92 bits per heavy atom.